The second-order valence-electron chi connectivity index (χ2n) is 3.14. The van der Waals surface area contributed by atoms with Gasteiger partial charge in [0.05, 0.1) is 7.11 Å². The lowest BCUT2D eigenvalue weighted by Crippen LogP contribution is -2.05. The Bertz CT molecular complexity index is 264. The van der Waals surface area contributed by atoms with E-state index in [0.717, 1.165) is 11.0 Å². The smallest absolute Gasteiger partial charge is 0.298 e. The van der Waals surface area contributed by atoms with Crippen molar-refractivity contribution in [1.29, 1.82) is 0 Å². The summed E-state index contributed by atoms with van der Waals surface area (Å²) in [4.78, 5) is 10.9. The Labute approximate surface area is 86.6 Å². The number of carbonyl (C=O) groups excluding carboxylic acids is 1. The summed E-state index contributed by atoms with van der Waals surface area (Å²) in [7, 11) is 2.10. The van der Waals surface area contributed by atoms with E-state index in [-0.39, 0.29) is 5.97 Å². The van der Waals surface area contributed by atoms with Crippen molar-refractivity contribution in [3.63, 3.8) is 0 Å². The van der Waals surface area contributed by atoms with E-state index in [2.05, 4.69) is 11.3 Å². The van der Waals surface area contributed by atoms with E-state index in [1.54, 1.807) is 0 Å². The Morgan fingerprint density at radius 3 is 2.64 bits per heavy atom. The zero-order chi connectivity index (χ0) is 11.0. The molecule has 0 saturated heterocycles. The molecule has 0 unspecified atom stereocenters. The molecule has 0 aromatic carbocycles. The number of rotatable bonds is 5. The van der Waals surface area contributed by atoms with Crippen LogP contribution >= 0.6 is 0 Å². The van der Waals surface area contributed by atoms with Crippen LogP contribution in [-0.2, 0) is 9.53 Å². The number of carbonyl (C=O) groups is 1. The van der Waals surface area contributed by atoms with Gasteiger partial charge in [-0.25, -0.2) is 0 Å². The SMILES string of the molecule is C=C(C)/C=C(BCC(=O)OC)\C=C/C. The molecule has 0 aliphatic heterocycles. The minimum Gasteiger partial charge on any atom is -0.470 e. The van der Waals surface area contributed by atoms with Gasteiger partial charge in [0.1, 0.15) is 0 Å². The van der Waals surface area contributed by atoms with Crippen molar-refractivity contribution in [2.75, 3.05) is 7.11 Å². The molecule has 0 aromatic heterocycles. The van der Waals surface area contributed by atoms with Gasteiger partial charge in [-0.3, -0.25) is 4.79 Å². The molecule has 0 fully saturated rings. The number of ether oxygens (including phenoxy) is 1. The van der Waals surface area contributed by atoms with E-state index in [9.17, 15) is 4.79 Å². The first-order chi connectivity index (χ1) is 6.60. The summed E-state index contributed by atoms with van der Waals surface area (Å²) >= 11 is 0. The summed E-state index contributed by atoms with van der Waals surface area (Å²) in [6.07, 6.45) is 6.33. The van der Waals surface area contributed by atoms with E-state index in [0.29, 0.717) is 13.6 Å². The molecule has 76 valence electrons. The van der Waals surface area contributed by atoms with Crippen molar-refractivity contribution in [2.24, 2.45) is 0 Å². The van der Waals surface area contributed by atoms with Crippen LogP contribution in [0.3, 0.4) is 0 Å². The van der Waals surface area contributed by atoms with E-state index < -0.39 is 0 Å². The predicted octanol–water partition coefficient (Wildman–Crippen LogP) is 2.05. The highest BCUT2D eigenvalue weighted by Gasteiger charge is 2.03. The monoisotopic (exact) mass is 192 g/mol. The van der Waals surface area contributed by atoms with Crippen molar-refractivity contribution in [2.45, 2.75) is 20.2 Å². The number of esters is 1. The van der Waals surface area contributed by atoms with Crippen LogP contribution in [0.2, 0.25) is 6.32 Å². The molecule has 0 aromatic rings. The van der Waals surface area contributed by atoms with Crippen LogP contribution in [0.5, 0.6) is 0 Å². The molecule has 0 rings (SSSR count). The fourth-order valence-corrected chi connectivity index (χ4v) is 1.08. The minimum atomic E-state index is -0.179. The standard InChI is InChI=1S/C11H17BO2/c1-5-6-10(7-9(2)3)12-8-11(13)14-4/h5-7,12H,2,8H2,1,3-4H3/b6-5-,10-7+. The van der Waals surface area contributed by atoms with E-state index >= 15 is 0 Å². The zero-order valence-corrected chi connectivity index (χ0v) is 9.17. The average molecular weight is 192 g/mol. The fraction of sp³-hybridized carbons (Fsp3) is 0.364. The second kappa shape index (κ2) is 7.19. The van der Waals surface area contributed by atoms with Crippen LogP contribution in [0, 0.1) is 0 Å². The Hall–Kier alpha value is -1.25. The Morgan fingerprint density at radius 2 is 2.21 bits per heavy atom. The van der Waals surface area contributed by atoms with Crippen molar-refractivity contribution >= 4 is 13.2 Å². The van der Waals surface area contributed by atoms with Crippen LogP contribution in [0.1, 0.15) is 13.8 Å². The third-order valence-corrected chi connectivity index (χ3v) is 1.66. The van der Waals surface area contributed by atoms with E-state index in [1.807, 2.05) is 32.1 Å². The van der Waals surface area contributed by atoms with Gasteiger partial charge in [0.2, 0.25) is 0 Å². The summed E-state index contributed by atoms with van der Waals surface area (Å²) in [5.74, 6) is -0.179. The summed E-state index contributed by atoms with van der Waals surface area (Å²) in [5, 5.41) is 0. The van der Waals surface area contributed by atoms with Crippen LogP contribution < -0.4 is 0 Å². The predicted molar refractivity (Wildman–Crippen MR) is 61.7 cm³/mol. The molecule has 14 heavy (non-hydrogen) atoms. The molecule has 0 aliphatic carbocycles. The highest BCUT2D eigenvalue weighted by Crippen LogP contribution is 2.03. The maximum Gasteiger partial charge on any atom is 0.298 e. The van der Waals surface area contributed by atoms with Gasteiger partial charge >= 0.3 is 0 Å². The molecule has 0 N–H and O–H groups in total. The lowest BCUT2D eigenvalue weighted by atomic mass is 9.66. The molecular formula is C11H17BO2. The zero-order valence-electron chi connectivity index (χ0n) is 9.17. The largest absolute Gasteiger partial charge is 0.470 e. The number of hydrogen-bond acceptors (Lipinski definition) is 2. The Balaban J connectivity index is 4.25. The molecule has 0 aliphatic rings. The van der Waals surface area contributed by atoms with Gasteiger partial charge in [0, 0.05) is 6.32 Å². The molecule has 0 heterocycles. The van der Waals surface area contributed by atoms with Crippen molar-refractivity contribution in [3.05, 3.63) is 35.9 Å². The fourth-order valence-electron chi connectivity index (χ4n) is 1.08. The molecule has 0 bridgehead atoms. The summed E-state index contributed by atoms with van der Waals surface area (Å²) in [6.45, 7) is 7.68. The van der Waals surface area contributed by atoms with Crippen LogP contribution in [-0.4, -0.2) is 20.4 Å². The summed E-state index contributed by atoms with van der Waals surface area (Å²) < 4.78 is 4.57. The Morgan fingerprint density at radius 1 is 1.57 bits per heavy atom. The normalized spacial score (nSPS) is 11.5. The number of hydrogen-bond donors (Lipinski definition) is 0. The topological polar surface area (TPSA) is 26.3 Å². The number of allylic oxidation sites excluding steroid dienone is 5. The molecule has 0 atom stereocenters. The second-order valence-corrected chi connectivity index (χ2v) is 3.14. The molecule has 2 nitrogen and oxygen atoms in total. The average Bonchev–Trinajstić information content (AvgIpc) is 2.13. The van der Waals surface area contributed by atoms with Crippen molar-refractivity contribution in [3.8, 4) is 0 Å². The van der Waals surface area contributed by atoms with Gasteiger partial charge in [0.15, 0.2) is 7.28 Å². The summed E-state index contributed by atoms with van der Waals surface area (Å²) in [5.41, 5.74) is 2.09. The highest BCUT2D eigenvalue weighted by atomic mass is 16.5. The van der Waals surface area contributed by atoms with Gasteiger partial charge in [-0.05, 0) is 13.8 Å². The highest BCUT2D eigenvalue weighted by molar-refractivity contribution is 6.50. The molecule has 0 amide bonds. The quantitative estimate of drug-likeness (QED) is 0.378. The third kappa shape index (κ3) is 6.29. The first-order valence-corrected chi connectivity index (χ1v) is 4.65. The lowest BCUT2D eigenvalue weighted by molar-refractivity contribution is -0.137. The van der Waals surface area contributed by atoms with Crippen LogP contribution in [0.15, 0.2) is 35.9 Å². The van der Waals surface area contributed by atoms with Gasteiger partial charge < -0.3 is 4.74 Å². The summed E-state index contributed by atoms with van der Waals surface area (Å²) in [6, 6.07) is 0. The molecular weight excluding hydrogens is 175 g/mol. The van der Waals surface area contributed by atoms with E-state index in [1.165, 1.54) is 7.11 Å². The first-order valence-electron chi connectivity index (χ1n) is 4.65. The maximum atomic E-state index is 10.9. The molecule has 0 radical (unpaired) electrons. The van der Waals surface area contributed by atoms with Gasteiger partial charge in [-0.2, -0.15) is 0 Å². The molecule has 0 saturated carbocycles. The third-order valence-electron chi connectivity index (χ3n) is 1.66. The van der Waals surface area contributed by atoms with Gasteiger partial charge in [-0.1, -0.05) is 35.9 Å². The lowest BCUT2D eigenvalue weighted by Gasteiger charge is -2.00. The molecule has 3 heteroatoms. The van der Waals surface area contributed by atoms with Crippen molar-refractivity contribution < 1.29 is 9.53 Å². The number of methoxy groups -OCH3 is 1. The van der Waals surface area contributed by atoms with Crippen LogP contribution in [0.4, 0.5) is 0 Å². The van der Waals surface area contributed by atoms with Gasteiger partial charge in [-0.15, -0.1) is 0 Å². The first kappa shape index (κ1) is 12.8. The van der Waals surface area contributed by atoms with Crippen molar-refractivity contribution in [1.82, 2.24) is 0 Å². The molecule has 0 spiro atoms. The maximum absolute atomic E-state index is 10.9. The van der Waals surface area contributed by atoms with Gasteiger partial charge in [0.25, 0.3) is 5.97 Å². The minimum absolute atomic E-state index is 0.179. The van der Waals surface area contributed by atoms with Crippen LogP contribution in [0.25, 0.3) is 0 Å². The van der Waals surface area contributed by atoms with E-state index in [4.69, 9.17) is 0 Å². The Kier molecular flexibility index (Phi) is 6.55.